The maximum Gasteiger partial charge on any atom is 0.166 e. The molecule has 4 nitrogen and oxygen atoms in total. The summed E-state index contributed by atoms with van der Waals surface area (Å²) in [5.41, 5.74) is 5.05. The van der Waals surface area contributed by atoms with E-state index in [9.17, 15) is 10.0 Å². The third-order valence-corrected chi connectivity index (χ3v) is 5.20. The SMILES string of the molecule is C[C@H]1CC(=O)C2=C(C1)N1CCc3ccccc3C1CC2=NO. The average Bonchev–Trinajstić information content (AvgIpc) is 2.53. The third kappa shape index (κ3) is 1.90. The van der Waals surface area contributed by atoms with Crippen LogP contribution in [0.4, 0.5) is 0 Å². The average molecular weight is 296 g/mol. The van der Waals surface area contributed by atoms with Crippen LogP contribution in [0.5, 0.6) is 0 Å². The van der Waals surface area contributed by atoms with Crippen molar-refractivity contribution in [3.8, 4) is 0 Å². The molecule has 4 rings (SSSR count). The van der Waals surface area contributed by atoms with Gasteiger partial charge in [-0.05, 0) is 29.9 Å². The Balaban J connectivity index is 1.85. The summed E-state index contributed by atoms with van der Waals surface area (Å²) in [5, 5.41) is 12.9. The zero-order valence-corrected chi connectivity index (χ0v) is 12.7. The second-order valence-corrected chi connectivity index (χ2v) is 6.67. The highest BCUT2D eigenvalue weighted by Crippen LogP contribution is 2.44. The van der Waals surface area contributed by atoms with Crippen LogP contribution in [-0.4, -0.2) is 28.1 Å². The molecule has 2 heterocycles. The number of rotatable bonds is 0. The van der Waals surface area contributed by atoms with E-state index in [0.717, 1.165) is 25.1 Å². The molecule has 2 aliphatic heterocycles. The van der Waals surface area contributed by atoms with Gasteiger partial charge in [0.25, 0.3) is 0 Å². The number of allylic oxidation sites excluding steroid dienone is 2. The summed E-state index contributed by atoms with van der Waals surface area (Å²) >= 11 is 0. The number of hydrogen-bond donors (Lipinski definition) is 1. The number of benzene rings is 1. The van der Waals surface area contributed by atoms with E-state index < -0.39 is 0 Å². The Morgan fingerprint density at radius 3 is 2.86 bits per heavy atom. The third-order valence-electron chi connectivity index (χ3n) is 5.20. The summed E-state index contributed by atoms with van der Waals surface area (Å²) in [6.45, 7) is 3.07. The van der Waals surface area contributed by atoms with Crippen LogP contribution in [0.3, 0.4) is 0 Å². The molecule has 114 valence electrons. The lowest BCUT2D eigenvalue weighted by Crippen LogP contribution is -2.44. The minimum absolute atomic E-state index is 0.138. The lowest BCUT2D eigenvalue weighted by molar-refractivity contribution is -0.116. The van der Waals surface area contributed by atoms with E-state index in [1.165, 1.54) is 11.1 Å². The van der Waals surface area contributed by atoms with Gasteiger partial charge in [0.1, 0.15) is 0 Å². The molecular weight excluding hydrogens is 276 g/mol. The Morgan fingerprint density at radius 2 is 2.05 bits per heavy atom. The van der Waals surface area contributed by atoms with Gasteiger partial charge in [-0.25, -0.2) is 0 Å². The van der Waals surface area contributed by atoms with E-state index >= 15 is 0 Å². The first-order valence-electron chi connectivity index (χ1n) is 8.01. The van der Waals surface area contributed by atoms with Crippen molar-refractivity contribution >= 4 is 11.5 Å². The number of carbonyl (C=O) groups is 1. The summed E-state index contributed by atoms with van der Waals surface area (Å²) in [4.78, 5) is 14.8. The monoisotopic (exact) mass is 296 g/mol. The number of carbonyl (C=O) groups excluding carboxylic acids is 1. The number of Topliss-reactive ketones (excluding diaryl/α,β-unsaturated/α-hetero) is 1. The summed E-state index contributed by atoms with van der Waals surface area (Å²) in [7, 11) is 0. The van der Waals surface area contributed by atoms with E-state index in [1.54, 1.807) is 0 Å². The number of hydrogen-bond acceptors (Lipinski definition) is 4. The van der Waals surface area contributed by atoms with Crippen molar-refractivity contribution in [1.29, 1.82) is 0 Å². The van der Waals surface area contributed by atoms with Gasteiger partial charge in [0.05, 0.1) is 17.3 Å². The van der Waals surface area contributed by atoms with Crippen molar-refractivity contribution in [3.05, 3.63) is 46.7 Å². The van der Waals surface area contributed by atoms with Gasteiger partial charge >= 0.3 is 0 Å². The van der Waals surface area contributed by atoms with Gasteiger partial charge in [0, 0.05) is 25.1 Å². The minimum atomic E-state index is 0.138. The normalized spacial score (nSPS) is 29.2. The largest absolute Gasteiger partial charge is 0.411 e. The Labute approximate surface area is 130 Å². The molecule has 0 amide bonds. The molecular formula is C18H20N2O2. The standard InChI is InChI=1S/C18H20N2O2/c1-11-8-16-18(17(21)9-11)14(19-22)10-15-13-5-3-2-4-12(13)6-7-20(15)16/h2-5,11,15,22H,6-10H2,1H3/t11-,15?/m1/s1. The van der Waals surface area contributed by atoms with Crippen molar-refractivity contribution < 1.29 is 10.0 Å². The first-order chi connectivity index (χ1) is 10.7. The van der Waals surface area contributed by atoms with E-state index in [4.69, 9.17) is 0 Å². The van der Waals surface area contributed by atoms with Crippen LogP contribution in [0.25, 0.3) is 0 Å². The quantitative estimate of drug-likeness (QED) is 0.591. The van der Waals surface area contributed by atoms with Gasteiger partial charge in [-0.15, -0.1) is 0 Å². The molecule has 0 bridgehead atoms. The van der Waals surface area contributed by atoms with Crippen molar-refractivity contribution in [1.82, 2.24) is 4.90 Å². The first-order valence-corrected chi connectivity index (χ1v) is 8.01. The van der Waals surface area contributed by atoms with Gasteiger partial charge in [-0.2, -0.15) is 0 Å². The Bertz CT molecular complexity index is 705. The van der Waals surface area contributed by atoms with Crippen LogP contribution in [-0.2, 0) is 11.2 Å². The van der Waals surface area contributed by atoms with Crippen LogP contribution in [0, 0.1) is 5.92 Å². The summed E-state index contributed by atoms with van der Waals surface area (Å²) in [6.07, 6.45) is 3.09. The van der Waals surface area contributed by atoms with E-state index in [2.05, 4.69) is 41.2 Å². The maximum atomic E-state index is 12.5. The molecule has 0 saturated carbocycles. The molecule has 0 fully saturated rings. The van der Waals surface area contributed by atoms with Crippen LogP contribution in [0.15, 0.2) is 40.7 Å². The number of ketones is 1. The van der Waals surface area contributed by atoms with Gasteiger partial charge in [0.2, 0.25) is 0 Å². The van der Waals surface area contributed by atoms with Crippen LogP contribution in [0.2, 0.25) is 0 Å². The molecule has 3 aliphatic rings. The molecule has 1 aromatic carbocycles. The highest BCUT2D eigenvalue weighted by atomic mass is 16.4. The summed E-state index contributed by atoms with van der Waals surface area (Å²) in [6, 6.07) is 8.70. The zero-order chi connectivity index (χ0) is 15.3. The molecule has 0 saturated heterocycles. The van der Waals surface area contributed by atoms with E-state index in [0.29, 0.717) is 30.0 Å². The lowest BCUT2D eigenvalue weighted by Gasteiger charge is -2.46. The van der Waals surface area contributed by atoms with Crippen molar-refractivity contribution in [3.63, 3.8) is 0 Å². The Kier molecular flexibility index (Phi) is 3.06. The smallest absolute Gasteiger partial charge is 0.166 e. The number of nitrogens with zero attached hydrogens (tertiary/aromatic N) is 2. The fourth-order valence-electron chi connectivity index (χ4n) is 4.24. The summed E-state index contributed by atoms with van der Waals surface area (Å²) in [5.74, 6) is 0.501. The second-order valence-electron chi connectivity index (χ2n) is 6.67. The minimum Gasteiger partial charge on any atom is -0.411 e. The highest BCUT2D eigenvalue weighted by molar-refractivity contribution is 6.23. The van der Waals surface area contributed by atoms with Crippen molar-refractivity contribution in [2.24, 2.45) is 11.1 Å². The van der Waals surface area contributed by atoms with Gasteiger partial charge in [-0.1, -0.05) is 36.3 Å². The predicted octanol–water partition coefficient (Wildman–Crippen LogP) is 3.07. The predicted molar refractivity (Wildman–Crippen MR) is 83.9 cm³/mol. The molecule has 2 atom stereocenters. The lowest BCUT2D eigenvalue weighted by atomic mass is 9.77. The van der Waals surface area contributed by atoms with E-state index in [-0.39, 0.29) is 11.8 Å². The molecule has 1 N–H and O–H groups in total. The van der Waals surface area contributed by atoms with Crippen molar-refractivity contribution in [2.75, 3.05) is 6.54 Å². The highest BCUT2D eigenvalue weighted by Gasteiger charge is 2.41. The second kappa shape index (κ2) is 4.97. The molecule has 1 aromatic rings. The Hall–Kier alpha value is -2.10. The topological polar surface area (TPSA) is 52.9 Å². The van der Waals surface area contributed by atoms with Crippen LogP contribution in [0.1, 0.15) is 43.4 Å². The molecule has 0 spiro atoms. The fraction of sp³-hybridized carbons (Fsp3) is 0.444. The van der Waals surface area contributed by atoms with Gasteiger partial charge in [0.15, 0.2) is 5.78 Å². The van der Waals surface area contributed by atoms with Gasteiger partial charge in [-0.3, -0.25) is 4.79 Å². The maximum absolute atomic E-state index is 12.5. The molecule has 0 aromatic heterocycles. The zero-order valence-electron chi connectivity index (χ0n) is 12.7. The summed E-state index contributed by atoms with van der Waals surface area (Å²) < 4.78 is 0. The molecule has 0 radical (unpaired) electrons. The molecule has 1 unspecified atom stereocenters. The first kappa shape index (κ1) is 13.6. The van der Waals surface area contributed by atoms with Crippen LogP contribution >= 0.6 is 0 Å². The number of fused-ring (bicyclic) bond motifs is 4. The Morgan fingerprint density at radius 1 is 1.23 bits per heavy atom. The molecule has 4 heteroatoms. The van der Waals surface area contributed by atoms with Crippen LogP contribution < -0.4 is 0 Å². The van der Waals surface area contributed by atoms with E-state index in [1.807, 2.05) is 0 Å². The molecule has 22 heavy (non-hydrogen) atoms. The number of oxime groups is 1. The fourth-order valence-corrected chi connectivity index (χ4v) is 4.24. The van der Waals surface area contributed by atoms with Gasteiger partial charge < -0.3 is 10.1 Å². The van der Waals surface area contributed by atoms with Crippen molar-refractivity contribution in [2.45, 2.75) is 38.6 Å². The molecule has 1 aliphatic carbocycles.